The van der Waals surface area contributed by atoms with E-state index >= 15 is 0 Å². The van der Waals surface area contributed by atoms with Crippen LogP contribution in [0.5, 0.6) is 0 Å². The van der Waals surface area contributed by atoms with Crippen LogP contribution >= 0.6 is 0 Å². The molecule has 0 aliphatic heterocycles. The molecule has 2 heteroatoms. The summed E-state index contributed by atoms with van der Waals surface area (Å²) >= 11 is 0. The standard InChI is InChI=1S/C64H44N2/c1-64(52-24-12-5-13-25-52)59-29-17-16-28-56(59)57-35-34-48(41-60(57)64)50-38-49(44-20-8-3-9-21-44)39-51(40-50)53-36-37-58(55-27-15-14-26-54(53)55)62-42-61(65-63(66-62)47-22-10-4-11-23-47)46-32-30-45(31-33-46)43-18-6-2-7-19-43/h2-42H,1H3. The van der Waals surface area contributed by atoms with Crippen LogP contribution in [-0.4, -0.2) is 9.97 Å². The first-order valence-electron chi connectivity index (χ1n) is 22.7. The quantitative estimate of drug-likeness (QED) is 0.152. The van der Waals surface area contributed by atoms with Crippen LogP contribution in [0, 0.1) is 0 Å². The molecule has 1 aromatic heterocycles. The molecule has 66 heavy (non-hydrogen) atoms. The van der Waals surface area contributed by atoms with E-state index in [2.05, 4.69) is 237 Å². The van der Waals surface area contributed by atoms with Crippen molar-refractivity contribution in [3.63, 3.8) is 0 Å². The van der Waals surface area contributed by atoms with Gasteiger partial charge in [0, 0.05) is 22.1 Å². The molecule has 0 N–H and O–H groups in total. The number of rotatable bonds is 8. The second kappa shape index (κ2) is 16.3. The van der Waals surface area contributed by atoms with Gasteiger partial charge < -0.3 is 0 Å². The van der Waals surface area contributed by atoms with Crippen LogP contribution in [0.4, 0.5) is 0 Å². The third kappa shape index (κ3) is 6.83. The molecule has 0 spiro atoms. The zero-order chi connectivity index (χ0) is 44.0. The molecule has 1 atom stereocenters. The van der Waals surface area contributed by atoms with Crippen LogP contribution in [-0.2, 0) is 5.41 Å². The number of benzene rings is 10. The van der Waals surface area contributed by atoms with E-state index in [1.54, 1.807) is 0 Å². The highest BCUT2D eigenvalue weighted by molar-refractivity contribution is 6.05. The normalized spacial score (nSPS) is 13.9. The van der Waals surface area contributed by atoms with Gasteiger partial charge in [-0.25, -0.2) is 9.97 Å². The number of fused-ring (bicyclic) bond motifs is 4. The Labute approximate surface area is 386 Å². The Kier molecular flexibility index (Phi) is 9.65. The monoisotopic (exact) mass is 840 g/mol. The van der Waals surface area contributed by atoms with E-state index in [9.17, 15) is 0 Å². The van der Waals surface area contributed by atoms with Crippen molar-refractivity contribution in [1.82, 2.24) is 9.97 Å². The molecule has 0 saturated carbocycles. The number of aromatic nitrogens is 2. The largest absolute Gasteiger partial charge is 0.228 e. The van der Waals surface area contributed by atoms with Crippen LogP contribution in [0.1, 0.15) is 23.6 Å². The minimum Gasteiger partial charge on any atom is -0.228 e. The van der Waals surface area contributed by atoms with E-state index in [1.807, 2.05) is 18.2 Å². The van der Waals surface area contributed by atoms with Crippen LogP contribution in [0.25, 0.3) is 100 Å². The van der Waals surface area contributed by atoms with Gasteiger partial charge >= 0.3 is 0 Å². The maximum atomic E-state index is 5.29. The van der Waals surface area contributed by atoms with Gasteiger partial charge in [-0.15, -0.1) is 0 Å². The summed E-state index contributed by atoms with van der Waals surface area (Å²) in [5.74, 6) is 0.699. The maximum Gasteiger partial charge on any atom is 0.160 e. The van der Waals surface area contributed by atoms with Crippen LogP contribution in [0.2, 0.25) is 0 Å². The van der Waals surface area contributed by atoms with Crippen molar-refractivity contribution in [2.24, 2.45) is 0 Å². The second-order valence-electron chi connectivity index (χ2n) is 17.4. The third-order valence-corrected chi connectivity index (χ3v) is 13.6. The molecule has 0 fully saturated rings. The molecule has 2 nitrogen and oxygen atoms in total. The Morgan fingerprint density at radius 2 is 0.727 bits per heavy atom. The second-order valence-corrected chi connectivity index (χ2v) is 17.4. The summed E-state index contributed by atoms with van der Waals surface area (Å²) in [5.41, 5.74) is 20.6. The molecule has 1 aliphatic carbocycles. The average molecular weight is 841 g/mol. The predicted molar refractivity (Wildman–Crippen MR) is 275 cm³/mol. The zero-order valence-corrected chi connectivity index (χ0v) is 36.6. The van der Waals surface area contributed by atoms with Gasteiger partial charge in [0.15, 0.2) is 5.82 Å². The van der Waals surface area contributed by atoms with Crippen molar-refractivity contribution in [2.75, 3.05) is 0 Å². The van der Waals surface area contributed by atoms with E-state index in [-0.39, 0.29) is 5.41 Å². The molecule has 10 aromatic carbocycles. The molecule has 0 amide bonds. The lowest BCUT2D eigenvalue weighted by Gasteiger charge is -2.28. The van der Waals surface area contributed by atoms with Gasteiger partial charge in [-0.3, -0.25) is 0 Å². The number of hydrogen-bond donors (Lipinski definition) is 0. The molecule has 1 aliphatic rings. The average Bonchev–Trinajstić information content (AvgIpc) is 3.66. The predicted octanol–water partition coefficient (Wildman–Crippen LogP) is 16.6. The molecule has 0 radical (unpaired) electrons. The Hall–Kier alpha value is -8.46. The molecule has 0 saturated heterocycles. The van der Waals surface area contributed by atoms with E-state index in [1.165, 1.54) is 72.1 Å². The van der Waals surface area contributed by atoms with Crippen molar-refractivity contribution in [2.45, 2.75) is 12.3 Å². The first kappa shape index (κ1) is 39.2. The SMILES string of the molecule is CC1(c2ccccc2)c2ccccc2-c2ccc(-c3cc(-c4ccccc4)cc(-c4ccc(-c5cc(-c6ccc(-c7ccccc7)cc6)nc(-c6ccccc6)n5)c5ccccc45)c3)cc21. The molecular formula is C64H44N2. The number of nitrogens with zero attached hydrogens (tertiary/aromatic N) is 2. The topological polar surface area (TPSA) is 25.8 Å². The highest BCUT2D eigenvalue weighted by Gasteiger charge is 2.40. The molecule has 310 valence electrons. The summed E-state index contributed by atoms with van der Waals surface area (Å²) in [6.45, 7) is 2.39. The lowest BCUT2D eigenvalue weighted by Crippen LogP contribution is -2.22. The van der Waals surface area contributed by atoms with Gasteiger partial charge in [0.2, 0.25) is 0 Å². The van der Waals surface area contributed by atoms with Crippen molar-refractivity contribution in [3.05, 3.63) is 265 Å². The summed E-state index contributed by atoms with van der Waals surface area (Å²) in [6.07, 6.45) is 0. The molecule has 1 heterocycles. The Morgan fingerprint density at radius 1 is 0.273 bits per heavy atom. The number of hydrogen-bond acceptors (Lipinski definition) is 2. The lowest BCUT2D eigenvalue weighted by molar-refractivity contribution is 0.714. The van der Waals surface area contributed by atoms with Crippen LogP contribution in [0.3, 0.4) is 0 Å². The smallest absolute Gasteiger partial charge is 0.160 e. The van der Waals surface area contributed by atoms with E-state index in [0.29, 0.717) is 5.82 Å². The van der Waals surface area contributed by atoms with Crippen molar-refractivity contribution >= 4 is 10.8 Å². The Morgan fingerprint density at radius 3 is 1.42 bits per heavy atom. The van der Waals surface area contributed by atoms with Gasteiger partial charge in [-0.05, 0) is 120 Å². The maximum absolute atomic E-state index is 5.29. The first-order chi connectivity index (χ1) is 32.6. The van der Waals surface area contributed by atoms with Gasteiger partial charge in [0.1, 0.15) is 0 Å². The highest BCUT2D eigenvalue weighted by Crippen LogP contribution is 2.53. The fourth-order valence-corrected chi connectivity index (χ4v) is 10.2. The molecule has 1 unspecified atom stereocenters. The fourth-order valence-electron chi connectivity index (χ4n) is 10.2. The molecular weight excluding hydrogens is 797 g/mol. The van der Waals surface area contributed by atoms with E-state index in [0.717, 1.165) is 39.0 Å². The summed E-state index contributed by atoms with van der Waals surface area (Å²) in [5, 5.41) is 2.31. The van der Waals surface area contributed by atoms with Crippen LogP contribution < -0.4 is 0 Å². The minimum atomic E-state index is -0.290. The zero-order valence-electron chi connectivity index (χ0n) is 36.6. The van der Waals surface area contributed by atoms with Gasteiger partial charge in [0.05, 0.1) is 11.4 Å². The minimum absolute atomic E-state index is 0.290. The summed E-state index contributed by atoms with van der Waals surface area (Å²) < 4.78 is 0. The Bertz CT molecular complexity index is 3560. The van der Waals surface area contributed by atoms with Crippen molar-refractivity contribution in [1.29, 1.82) is 0 Å². The molecule has 0 bridgehead atoms. The fraction of sp³-hybridized carbons (Fsp3) is 0.0312. The highest BCUT2D eigenvalue weighted by atomic mass is 14.9. The van der Waals surface area contributed by atoms with Gasteiger partial charge in [0.25, 0.3) is 0 Å². The summed E-state index contributed by atoms with van der Waals surface area (Å²) in [4.78, 5) is 10.5. The van der Waals surface area contributed by atoms with Crippen LogP contribution in [0.15, 0.2) is 249 Å². The van der Waals surface area contributed by atoms with E-state index < -0.39 is 0 Å². The summed E-state index contributed by atoms with van der Waals surface area (Å²) in [6, 6.07) is 89.8. The van der Waals surface area contributed by atoms with Gasteiger partial charge in [-0.1, -0.05) is 218 Å². The Balaban J connectivity index is 1.01. The lowest BCUT2D eigenvalue weighted by atomic mass is 9.74. The molecule has 12 rings (SSSR count). The van der Waals surface area contributed by atoms with Crippen molar-refractivity contribution < 1.29 is 0 Å². The third-order valence-electron chi connectivity index (χ3n) is 13.6. The van der Waals surface area contributed by atoms with Gasteiger partial charge in [-0.2, -0.15) is 0 Å². The molecule has 11 aromatic rings. The summed E-state index contributed by atoms with van der Waals surface area (Å²) in [7, 11) is 0. The first-order valence-corrected chi connectivity index (χ1v) is 22.7. The van der Waals surface area contributed by atoms with Crippen molar-refractivity contribution in [3.8, 4) is 89.5 Å². The van der Waals surface area contributed by atoms with E-state index in [4.69, 9.17) is 9.97 Å².